The third-order valence-corrected chi connectivity index (χ3v) is 4.86. The van der Waals surface area contributed by atoms with Gasteiger partial charge in [-0.05, 0) is 25.3 Å². The summed E-state index contributed by atoms with van der Waals surface area (Å²) in [7, 11) is 1.88. The van der Waals surface area contributed by atoms with Gasteiger partial charge in [0.15, 0.2) is 5.96 Å². The Hall–Kier alpha value is -1.64. The van der Waals surface area contributed by atoms with Crippen LogP contribution in [0.4, 0.5) is 0 Å². The van der Waals surface area contributed by atoms with Crippen LogP contribution in [-0.4, -0.2) is 33.8 Å². The van der Waals surface area contributed by atoms with Gasteiger partial charge >= 0.3 is 0 Å². The van der Waals surface area contributed by atoms with E-state index in [1.165, 1.54) is 5.56 Å². The van der Waals surface area contributed by atoms with Crippen LogP contribution < -0.4 is 10.6 Å². The number of rotatable bonds is 8. The van der Waals surface area contributed by atoms with E-state index in [4.69, 9.17) is 0 Å². The fourth-order valence-electron chi connectivity index (χ4n) is 3.01. The Morgan fingerprint density at radius 1 is 1.12 bits per heavy atom. The molecule has 2 N–H and O–H groups in total. The van der Waals surface area contributed by atoms with Gasteiger partial charge in [0, 0.05) is 25.6 Å². The molecule has 144 valence electrons. The van der Waals surface area contributed by atoms with Crippen molar-refractivity contribution in [3.8, 4) is 0 Å². The molecule has 6 nitrogen and oxygen atoms in total. The Labute approximate surface area is 173 Å². The summed E-state index contributed by atoms with van der Waals surface area (Å²) in [6.07, 6.45) is 3.70. The number of nitrogens with one attached hydrogen (secondary N) is 2. The lowest BCUT2D eigenvalue weighted by Crippen LogP contribution is -2.45. The second kappa shape index (κ2) is 11.2. The summed E-state index contributed by atoms with van der Waals surface area (Å²) in [6, 6.07) is 10.7. The van der Waals surface area contributed by atoms with Crippen LogP contribution in [0, 0.1) is 0 Å². The van der Waals surface area contributed by atoms with E-state index < -0.39 is 0 Å². The predicted molar refractivity (Wildman–Crippen MR) is 118 cm³/mol. The second-order valence-electron chi connectivity index (χ2n) is 6.20. The predicted octanol–water partition coefficient (Wildman–Crippen LogP) is 3.25. The van der Waals surface area contributed by atoms with Crippen molar-refractivity contribution in [3.05, 3.63) is 48.0 Å². The van der Waals surface area contributed by atoms with Gasteiger partial charge in [-0.15, -0.1) is 24.0 Å². The second-order valence-corrected chi connectivity index (χ2v) is 6.20. The summed E-state index contributed by atoms with van der Waals surface area (Å²) >= 11 is 0. The van der Waals surface area contributed by atoms with Gasteiger partial charge < -0.3 is 10.6 Å². The lowest BCUT2D eigenvalue weighted by molar-refractivity contribution is 0.389. The number of aromatic nitrogens is 3. The minimum atomic E-state index is 0. The highest BCUT2D eigenvalue weighted by Gasteiger charge is 2.28. The number of aryl methyl sites for hydroxylation is 1. The number of hydrogen-bond acceptors (Lipinski definition) is 3. The summed E-state index contributed by atoms with van der Waals surface area (Å²) in [5, 5.41) is 10.9. The normalized spacial score (nSPS) is 11.8. The number of guanidine groups is 1. The first-order valence-electron chi connectivity index (χ1n) is 9.05. The fraction of sp³-hybridized carbons (Fsp3) is 0.526. The molecule has 0 radical (unpaired) electrons. The molecule has 26 heavy (non-hydrogen) atoms. The summed E-state index contributed by atoms with van der Waals surface area (Å²) in [5.74, 6) is 1.66. The molecule has 0 aliphatic rings. The Kier molecular flexibility index (Phi) is 9.61. The van der Waals surface area contributed by atoms with Crippen molar-refractivity contribution in [2.45, 2.75) is 45.6 Å². The van der Waals surface area contributed by atoms with E-state index in [-0.39, 0.29) is 29.4 Å². The molecular formula is C19H31IN6. The summed E-state index contributed by atoms with van der Waals surface area (Å²) in [4.78, 5) is 8.88. The van der Waals surface area contributed by atoms with Gasteiger partial charge in [-0.25, -0.2) is 9.98 Å². The number of halogens is 1. The van der Waals surface area contributed by atoms with E-state index in [9.17, 15) is 0 Å². The summed E-state index contributed by atoms with van der Waals surface area (Å²) in [6.45, 7) is 8.74. The number of nitrogens with zero attached hydrogens (tertiary/aromatic N) is 4. The zero-order valence-corrected chi connectivity index (χ0v) is 18.5. The molecule has 2 aromatic rings. The maximum absolute atomic E-state index is 4.65. The van der Waals surface area contributed by atoms with Gasteiger partial charge in [-0.2, -0.15) is 5.10 Å². The van der Waals surface area contributed by atoms with Crippen LogP contribution in [0.15, 0.2) is 41.7 Å². The molecule has 7 heteroatoms. The topological polar surface area (TPSA) is 67.1 Å². The van der Waals surface area contributed by atoms with Crippen LogP contribution in [0.25, 0.3) is 0 Å². The summed E-state index contributed by atoms with van der Waals surface area (Å²) in [5.41, 5.74) is 1.47. The zero-order chi connectivity index (χ0) is 18.1. The van der Waals surface area contributed by atoms with Gasteiger partial charge in [0.25, 0.3) is 0 Å². The molecule has 0 aliphatic carbocycles. The molecule has 0 aliphatic heterocycles. The monoisotopic (exact) mass is 470 g/mol. The maximum atomic E-state index is 4.65. The average molecular weight is 470 g/mol. The molecule has 1 heterocycles. The van der Waals surface area contributed by atoms with E-state index in [2.05, 4.69) is 76.8 Å². The van der Waals surface area contributed by atoms with E-state index >= 15 is 0 Å². The average Bonchev–Trinajstić information content (AvgIpc) is 3.06. The van der Waals surface area contributed by atoms with E-state index in [0.717, 1.165) is 37.7 Å². The molecule has 1 aromatic carbocycles. The lowest BCUT2D eigenvalue weighted by Gasteiger charge is -2.33. The van der Waals surface area contributed by atoms with Crippen LogP contribution in [0.3, 0.4) is 0 Å². The molecule has 0 amide bonds. The van der Waals surface area contributed by atoms with Crippen LogP contribution in [0.1, 0.15) is 45.0 Å². The molecule has 0 bridgehead atoms. The molecule has 0 saturated heterocycles. The highest BCUT2D eigenvalue weighted by molar-refractivity contribution is 14.0. The van der Waals surface area contributed by atoms with Crippen molar-refractivity contribution in [3.63, 3.8) is 0 Å². The molecule has 2 rings (SSSR count). The van der Waals surface area contributed by atoms with Gasteiger partial charge in [0.2, 0.25) is 0 Å². The third-order valence-electron chi connectivity index (χ3n) is 4.86. The SMILES string of the molecule is CCNC(=NCc1ncnn1C)NCC(CC)(CC)c1ccccc1.I. The van der Waals surface area contributed by atoms with Crippen LogP contribution in [0.2, 0.25) is 0 Å². The molecule has 1 aromatic heterocycles. The first kappa shape index (κ1) is 22.4. The lowest BCUT2D eigenvalue weighted by atomic mass is 9.76. The van der Waals surface area contributed by atoms with Crippen molar-refractivity contribution in [2.75, 3.05) is 13.1 Å². The third kappa shape index (κ3) is 5.69. The van der Waals surface area contributed by atoms with E-state index in [1.807, 2.05) is 7.05 Å². The van der Waals surface area contributed by atoms with Gasteiger partial charge in [0.1, 0.15) is 18.7 Å². The Morgan fingerprint density at radius 2 is 1.81 bits per heavy atom. The smallest absolute Gasteiger partial charge is 0.191 e. The minimum absolute atomic E-state index is 0. The van der Waals surface area contributed by atoms with Crippen molar-refractivity contribution < 1.29 is 0 Å². The van der Waals surface area contributed by atoms with Crippen LogP contribution >= 0.6 is 24.0 Å². The number of aliphatic imine (C=N–C) groups is 1. The molecule has 0 fully saturated rings. The van der Waals surface area contributed by atoms with Gasteiger partial charge in [0.05, 0.1) is 0 Å². The van der Waals surface area contributed by atoms with Crippen molar-refractivity contribution >= 4 is 29.9 Å². The quantitative estimate of drug-likeness (QED) is 0.353. The highest BCUT2D eigenvalue weighted by Crippen LogP contribution is 2.30. The first-order chi connectivity index (χ1) is 12.1. The summed E-state index contributed by atoms with van der Waals surface area (Å²) < 4.78 is 1.75. The van der Waals surface area contributed by atoms with Crippen LogP contribution in [0.5, 0.6) is 0 Å². The zero-order valence-electron chi connectivity index (χ0n) is 16.2. The van der Waals surface area contributed by atoms with Crippen molar-refractivity contribution in [2.24, 2.45) is 12.0 Å². The molecule has 0 unspecified atom stereocenters. The minimum Gasteiger partial charge on any atom is -0.357 e. The number of hydrogen-bond donors (Lipinski definition) is 2. The largest absolute Gasteiger partial charge is 0.357 e. The standard InChI is InChI=1S/C19H30N6.HI/c1-5-19(6-2,16-11-9-8-10-12-16)14-22-18(20-7-3)21-13-17-23-15-24-25(17)4;/h8-12,15H,5-7,13-14H2,1-4H3,(H2,20,21,22);1H. The first-order valence-corrected chi connectivity index (χ1v) is 9.05. The fourth-order valence-corrected chi connectivity index (χ4v) is 3.01. The van der Waals surface area contributed by atoms with E-state index in [1.54, 1.807) is 11.0 Å². The Balaban J connectivity index is 0.00000338. The molecule has 0 saturated carbocycles. The molecule has 0 spiro atoms. The molecular weight excluding hydrogens is 439 g/mol. The van der Waals surface area contributed by atoms with Gasteiger partial charge in [-0.3, -0.25) is 4.68 Å². The Morgan fingerprint density at radius 3 is 2.35 bits per heavy atom. The maximum Gasteiger partial charge on any atom is 0.191 e. The van der Waals surface area contributed by atoms with Gasteiger partial charge in [-0.1, -0.05) is 44.2 Å². The molecule has 0 atom stereocenters. The Bertz CT molecular complexity index is 664. The van der Waals surface area contributed by atoms with E-state index in [0.29, 0.717) is 6.54 Å². The number of benzene rings is 1. The highest BCUT2D eigenvalue weighted by atomic mass is 127. The van der Waals surface area contributed by atoms with Crippen LogP contribution in [-0.2, 0) is 19.0 Å². The van der Waals surface area contributed by atoms with Crippen molar-refractivity contribution in [1.82, 2.24) is 25.4 Å². The van der Waals surface area contributed by atoms with Crippen molar-refractivity contribution in [1.29, 1.82) is 0 Å².